The Balaban J connectivity index is 0.000000248. The zero-order valence-corrected chi connectivity index (χ0v) is 88.7. The minimum absolute atomic E-state index is 0.0489. The average Bonchev–Trinajstić information content (AvgIpc) is 1.41. The summed E-state index contributed by atoms with van der Waals surface area (Å²) in [5.41, 5.74) is 21.0. The van der Waals surface area contributed by atoms with Crippen molar-refractivity contribution in [2.24, 2.45) is 0 Å². The molecule has 0 spiro atoms. The van der Waals surface area contributed by atoms with Gasteiger partial charge in [-0.3, -0.25) is 38.4 Å². The third kappa shape index (κ3) is 43.5. The fourth-order valence-electron chi connectivity index (χ4n) is 13.2. The Morgan fingerprint density at radius 3 is 0.993 bits per heavy atom. The number of nitrogens with zero attached hydrogens (tertiary/aromatic N) is 2. The Morgan fingerprint density at radius 1 is 0.347 bits per heavy atom. The molecule has 0 fully saturated rings. The molecular formula is C118H136Cl3F3N10O9S. The summed E-state index contributed by atoms with van der Waals surface area (Å²) in [5, 5.41) is 22.9. The molecule has 10 aromatic carbocycles. The van der Waals surface area contributed by atoms with E-state index in [-0.39, 0.29) is 46.8 Å². The molecule has 0 aliphatic rings. The monoisotopic (exact) mass is 2030 g/mol. The number of thiophene rings is 1. The predicted octanol–water partition coefficient (Wildman–Crippen LogP) is 32.3. The number of ketones is 2. The normalized spacial score (nSPS) is 10.7. The SMILES string of the molecule is CC(C)c1cccc(C(=O)Cc2ccccc2)c1.CC(C)c1cccc(NC(=O)C(Cl)(Cl)Cl)c1.CC(C)c1cccc(NC(=O)C(F)(F)F)c1.CC(C)c1cccc(NC(=O)c2cc[nH]c2)c1.CC(C)c1cccc(NC(=O)c2ccoc2)c1.CC(C)c1cccc(NC(=O)c2ccsc2)c1.CC(C)c1cccc(NC(=O)c2cncnc2)c1.CCC(=O)c1cccc(C(C)C)c1.CCNc1cccc(C(C)C)c1. The van der Waals surface area contributed by atoms with Crippen LogP contribution in [0.1, 0.15) is 316 Å². The number of furan rings is 1. The van der Waals surface area contributed by atoms with Gasteiger partial charge >= 0.3 is 12.1 Å². The lowest BCUT2D eigenvalue weighted by Crippen LogP contribution is -2.29. The van der Waals surface area contributed by atoms with Crippen molar-refractivity contribution in [1.29, 1.82) is 0 Å². The Bertz CT molecular complexity index is 5980. The number of aromatic amines is 1. The lowest BCUT2D eigenvalue weighted by molar-refractivity contribution is -0.167. The van der Waals surface area contributed by atoms with Crippen LogP contribution in [0.25, 0.3) is 0 Å². The smallest absolute Gasteiger partial charge is 0.471 e. The van der Waals surface area contributed by atoms with Crippen molar-refractivity contribution in [1.82, 2.24) is 15.0 Å². The Kier molecular flexibility index (Phi) is 50.5. The highest BCUT2D eigenvalue weighted by atomic mass is 35.6. The fraction of sp³-hybridized carbons (Fsp3) is 0.288. The molecule has 26 heteroatoms. The van der Waals surface area contributed by atoms with Gasteiger partial charge in [-0.25, -0.2) is 9.97 Å². The van der Waals surface area contributed by atoms with E-state index in [9.17, 15) is 51.5 Å². The molecule has 0 saturated carbocycles. The van der Waals surface area contributed by atoms with Gasteiger partial charge in [0.05, 0.1) is 28.5 Å². The number of aromatic nitrogens is 3. The number of rotatable bonds is 26. The van der Waals surface area contributed by atoms with E-state index in [1.54, 1.807) is 42.7 Å². The number of nitrogens with one attached hydrogen (secondary N) is 8. The summed E-state index contributed by atoms with van der Waals surface area (Å²) in [6.45, 7) is 43.0. The second-order valence-corrected chi connectivity index (χ2v) is 39.4. The number of Topliss-reactive ketones (excluding diaryl/α,β-unsaturated/α-hetero) is 2. The molecule has 4 heterocycles. The molecule has 19 nitrogen and oxygen atoms in total. The zero-order chi connectivity index (χ0) is 106. The average molecular weight is 2030 g/mol. The molecular weight excluding hydrogens is 1900 g/mol. The lowest BCUT2D eigenvalue weighted by atomic mass is 9.97. The van der Waals surface area contributed by atoms with E-state index in [4.69, 9.17) is 39.2 Å². The van der Waals surface area contributed by atoms with Gasteiger partial charge in [0.1, 0.15) is 12.6 Å². The maximum Gasteiger partial charge on any atom is 0.471 e. The van der Waals surface area contributed by atoms with Crippen LogP contribution in [0.5, 0.6) is 0 Å². The van der Waals surface area contributed by atoms with Crippen molar-refractivity contribution in [3.05, 3.63) is 410 Å². The van der Waals surface area contributed by atoms with Gasteiger partial charge in [-0.2, -0.15) is 24.5 Å². The van der Waals surface area contributed by atoms with E-state index in [0.717, 1.165) is 57.1 Å². The number of carbonyl (C=O) groups excluding carboxylic acids is 8. The van der Waals surface area contributed by atoms with Crippen LogP contribution in [0, 0.1) is 0 Å². The second-order valence-electron chi connectivity index (χ2n) is 36.4. The molecule has 0 bridgehead atoms. The van der Waals surface area contributed by atoms with E-state index < -0.39 is 21.8 Å². The Hall–Kier alpha value is -13.8. The van der Waals surface area contributed by atoms with Crippen molar-refractivity contribution in [2.45, 2.75) is 215 Å². The van der Waals surface area contributed by atoms with Crippen molar-refractivity contribution >= 4 is 133 Å². The van der Waals surface area contributed by atoms with Crippen molar-refractivity contribution in [2.75, 3.05) is 43.8 Å². The largest absolute Gasteiger partial charge is 0.472 e. The Labute approximate surface area is 866 Å². The molecule has 6 amide bonds. The number of amides is 6. The number of benzene rings is 10. The van der Waals surface area contributed by atoms with E-state index in [1.165, 1.54) is 99.3 Å². The number of halogens is 6. The molecule has 144 heavy (non-hydrogen) atoms. The van der Waals surface area contributed by atoms with E-state index in [0.29, 0.717) is 88.1 Å². The van der Waals surface area contributed by atoms with Crippen LogP contribution in [0.3, 0.4) is 0 Å². The number of anilines is 7. The van der Waals surface area contributed by atoms with Crippen LogP contribution in [0.2, 0.25) is 0 Å². The van der Waals surface area contributed by atoms with Gasteiger partial charge in [0.2, 0.25) is 0 Å². The van der Waals surface area contributed by atoms with Crippen LogP contribution in [-0.2, 0) is 16.0 Å². The predicted molar refractivity (Wildman–Crippen MR) is 589 cm³/mol. The summed E-state index contributed by atoms with van der Waals surface area (Å²) >= 11 is 17.9. The maximum atomic E-state index is 12.2. The summed E-state index contributed by atoms with van der Waals surface area (Å²) in [6.07, 6.45) is 6.93. The maximum absolute atomic E-state index is 12.2. The molecule has 0 unspecified atom stereocenters. The first-order valence-electron chi connectivity index (χ1n) is 48.0. The van der Waals surface area contributed by atoms with Crippen LogP contribution in [0.15, 0.2) is 326 Å². The summed E-state index contributed by atoms with van der Waals surface area (Å²) in [4.78, 5) is 104. The van der Waals surface area contributed by atoms with Crippen molar-refractivity contribution < 1.29 is 55.9 Å². The van der Waals surface area contributed by atoms with E-state index in [1.807, 2.05) is 207 Å². The summed E-state index contributed by atoms with van der Waals surface area (Å²) in [7, 11) is 0. The molecule has 0 atom stereocenters. The van der Waals surface area contributed by atoms with Gasteiger partial charge in [0, 0.05) is 100 Å². The first kappa shape index (κ1) is 119. The van der Waals surface area contributed by atoms with Gasteiger partial charge in [0.15, 0.2) is 11.6 Å². The molecule has 14 rings (SSSR count). The molecule has 760 valence electrons. The molecule has 0 aliphatic carbocycles. The number of alkyl halides is 6. The highest BCUT2D eigenvalue weighted by Crippen LogP contribution is 2.31. The highest BCUT2D eigenvalue weighted by Gasteiger charge is 2.39. The minimum Gasteiger partial charge on any atom is -0.472 e. The zero-order valence-electron chi connectivity index (χ0n) is 85.7. The Morgan fingerprint density at radius 2 is 0.674 bits per heavy atom. The molecule has 0 saturated heterocycles. The van der Waals surface area contributed by atoms with Crippen molar-refractivity contribution in [3.8, 4) is 0 Å². The van der Waals surface area contributed by atoms with Gasteiger partial charge in [-0.05, 0) is 236 Å². The van der Waals surface area contributed by atoms with Crippen LogP contribution >= 0.6 is 46.1 Å². The topological polar surface area (TPSA) is 275 Å². The van der Waals surface area contributed by atoms with E-state index in [2.05, 4.69) is 219 Å². The second kappa shape index (κ2) is 61.2. The first-order valence-corrected chi connectivity index (χ1v) is 50.1. The third-order valence-electron chi connectivity index (χ3n) is 21.8. The van der Waals surface area contributed by atoms with Gasteiger partial charge < -0.3 is 46.6 Å². The molecule has 4 aromatic heterocycles. The van der Waals surface area contributed by atoms with Crippen LogP contribution in [0.4, 0.5) is 53.0 Å². The molecule has 8 N–H and O–H groups in total. The molecule has 0 radical (unpaired) electrons. The van der Waals surface area contributed by atoms with Crippen molar-refractivity contribution in [3.63, 3.8) is 0 Å². The van der Waals surface area contributed by atoms with Crippen LogP contribution < -0.4 is 37.2 Å². The van der Waals surface area contributed by atoms with Gasteiger partial charge in [-0.1, -0.05) is 318 Å². The van der Waals surface area contributed by atoms with Gasteiger partial charge in [-0.15, -0.1) is 0 Å². The summed E-state index contributed by atoms with van der Waals surface area (Å²) < 4.78 is 38.9. The standard InChI is InChI=1S/C17H18O.C14H15N3O.C14H16N2O.C14H15NO2.C14H15NOS.C12H16O.C11H12Cl3NO.C11H12F3NO.C11H17N/c1-13(2)15-9-6-10-16(12-15)17(18)11-14-7-4-3-5-8-14;1-10(2)11-4-3-5-13(6-11)17-14(18)12-7-15-9-16-8-12;1-10(2)11-4-3-5-13(8-11)16-14(17)12-6-7-15-9-12;2*1-10(2)11-4-3-5-13(8-11)15-14(16)12-6-7-17-9-12;1-4-12(13)11-7-5-6-10(8-11)9(2)3;2*1-7(2)8-4-3-5-9(6-8)15-10(16)11(12,13)14;1-4-12-11-7-5-6-10(8-11)9(2)3/h3-10,12-13H,11H2,1-2H3;3-10H,1-2H3,(H,17,18);3-10,15H,1-2H3,(H,16,17);2*3-10H,1-2H3,(H,15,16);5-9H,4H2,1-3H3;2*3-7H,1-2H3,(H,15,16);5-9,12H,4H2,1-3H3. The molecule has 0 aliphatic heterocycles. The third-order valence-corrected chi connectivity index (χ3v) is 23.0. The summed E-state index contributed by atoms with van der Waals surface area (Å²) in [5.74, 6) is 1.25. The number of carbonyl (C=O) groups is 8. The molecule has 14 aromatic rings. The number of hydrogen-bond acceptors (Lipinski definition) is 13. The van der Waals surface area contributed by atoms with Crippen LogP contribution in [-0.4, -0.2) is 78.5 Å². The lowest BCUT2D eigenvalue weighted by Gasteiger charge is -2.13. The highest BCUT2D eigenvalue weighted by molar-refractivity contribution is 7.08. The van der Waals surface area contributed by atoms with Gasteiger partial charge in [0.25, 0.3) is 33.3 Å². The minimum atomic E-state index is -4.85. The number of hydrogen-bond donors (Lipinski definition) is 8. The first-order chi connectivity index (χ1) is 68.3. The van der Waals surface area contributed by atoms with E-state index >= 15 is 0 Å². The summed E-state index contributed by atoms with van der Waals surface area (Å²) in [6, 6.07) is 85.0. The fourth-order valence-corrected chi connectivity index (χ4v) is 14.0. The quantitative estimate of drug-likeness (QED) is 0.0186. The number of H-pyrrole nitrogens is 1.